The van der Waals surface area contributed by atoms with Gasteiger partial charge in [0.05, 0.1) is 5.69 Å². The fourth-order valence-corrected chi connectivity index (χ4v) is 3.31. The minimum atomic E-state index is -0.249. The third kappa shape index (κ3) is 2.60. The van der Waals surface area contributed by atoms with Crippen LogP contribution in [0.5, 0.6) is 0 Å². The highest BCUT2D eigenvalue weighted by molar-refractivity contribution is 7.15. The molecule has 0 bridgehead atoms. The van der Waals surface area contributed by atoms with Crippen molar-refractivity contribution < 1.29 is 4.79 Å². The maximum Gasteiger partial charge on any atom is 0.250 e. The molecule has 0 spiro atoms. The van der Waals surface area contributed by atoms with Gasteiger partial charge in [0, 0.05) is 28.7 Å². The Kier molecular flexibility index (Phi) is 3.56. The molecule has 0 saturated heterocycles. The minimum Gasteiger partial charge on any atom is -0.298 e. The lowest BCUT2D eigenvalue weighted by atomic mass is 10.4. The highest BCUT2D eigenvalue weighted by Gasteiger charge is 2.09. The largest absolute Gasteiger partial charge is 0.298 e. The molecule has 0 saturated carbocycles. The number of carbonyl (C=O) groups excluding carboxylic acids is 1. The lowest BCUT2D eigenvalue weighted by Gasteiger charge is -1.95. The molecule has 5 nitrogen and oxygen atoms in total. The molecule has 0 radical (unpaired) electrons. The molecule has 1 amide bonds. The monoisotopic (exact) mass is 324 g/mol. The van der Waals surface area contributed by atoms with Crippen LogP contribution in [0, 0.1) is 6.92 Å². The maximum absolute atomic E-state index is 11.8. The number of nitrogens with one attached hydrogen (secondary N) is 1. The second kappa shape index (κ2) is 5.35. The van der Waals surface area contributed by atoms with E-state index in [2.05, 4.69) is 15.3 Å². The number of amides is 1. The Balaban J connectivity index is 1.78. The van der Waals surface area contributed by atoms with Crippen LogP contribution in [0.1, 0.15) is 10.6 Å². The summed E-state index contributed by atoms with van der Waals surface area (Å²) in [6, 6.07) is 0. The summed E-state index contributed by atoms with van der Waals surface area (Å²) in [6.45, 7) is 1.93. The lowest BCUT2D eigenvalue weighted by Crippen LogP contribution is -2.07. The average molecular weight is 325 g/mol. The first kappa shape index (κ1) is 13.3. The van der Waals surface area contributed by atoms with Crippen molar-refractivity contribution in [3.8, 4) is 0 Å². The number of halogens is 1. The predicted molar refractivity (Wildman–Crippen MR) is 82.6 cm³/mol. The first-order valence-electron chi connectivity index (χ1n) is 5.66. The predicted octanol–water partition coefficient (Wildman–Crippen LogP) is 3.47. The Bertz CT molecular complexity index is 801. The van der Waals surface area contributed by atoms with Crippen LogP contribution in [0.25, 0.3) is 11.0 Å². The van der Waals surface area contributed by atoms with E-state index in [4.69, 9.17) is 11.6 Å². The van der Waals surface area contributed by atoms with Crippen molar-refractivity contribution in [1.29, 1.82) is 0 Å². The molecular weight excluding hydrogens is 316 g/mol. The van der Waals surface area contributed by atoms with Crippen molar-refractivity contribution in [2.75, 3.05) is 5.32 Å². The first-order valence-corrected chi connectivity index (χ1v) is 7.73. The lowest BCUT2D eigenvalue weighted by molar-refractivity contribution is -0.111. The number of fused-ring (bicyclic) bond motifs is 1. The van der Waals surface area contributed by atoms with Gasteiger partial charge in [0.25, 0.3) is 0 Å². The molecule has 0 atom stereocenters. The van der Waals surface area contributed by atoms with Gasteiger partial charge in [-0.3, -0.25) is 14.5 Å². The number of imidazole rings is 1. The van der Waals surface area contributed by atoms with E-state index in [0.29, 0.717) is 16.0 Å². The maximum atomic E-state index is 11.8. The molecule has 0 unspecified atom stereocenters. The van der Waals surface area contributed by atoms with Gasteiger partial charge in [-0.2, -0.15) is 0 Å². The average Bonchev–Trinajstić information content (AvgIpc) is 3.05. The molecule has 1 N–H and O–H groups in total. The SMILES string of the molecule is Cc1cnc(NC(=O)/C=C/c2c(Cl)nc3sccn23)s1. The Labute approximate surface area is 127 Å². The van der Waals surface area contributed by atoms with E-state index in [1.165, 1.54) is 28.7 Å². The van der Waals surface area contributed by atoms with Crippen LogP contribution in [0.2, 0.25) is 5.15 Å². The summed E-state index contributed by atoms with van der Waals surface area (Å²) in [6.07, 6.45) is 6.64. The van der Waals surface area contributed by atoms with Crippen LogP contribution in [0.4, 0.5) is 5.13 Å². The summed E-state index contributed by atoms with van der Waals surface area (Å²) in [7, 11) is 0. The highest BCUT2D eigenvalue weighted by Crippen LogP contribution is 2.22. The van der Waals surface area contributed by atoms with Crippen molar-refractivity contribution in [2.24, 2.45) is 0 Å². The van der Waals surface area contributed by atoms with Gasteiger partial charge in [-0.25, -0.2) is 9.97 Å². The van der Waals surface area contributed by atoms with E-state index in [1.54, 1.807) is 12.3 Å². The number of rotatable bonds is 3. The third-order valence-corrected chi connectivity index (χ3v) is 4.36. The molecule has 3 aromatic rings. The van der Waals surface area contributed by atoms with Crippen molar-refractivity contribution >= 4 is 56.4 Å². The van der Waals surface area contributed by atoms with Crippen molar-refractivity contribution in [2.45, 2.75) is 6.92 Å². The van der Waals surface area contributed by atoms with E-state index >= 15 is 0 Å². The highest BCUT2D eigenvalue weighted by atomic mass is 35.5. The molecule has 0 aliphatic carbocycles. The molecule has 102 valence electrons. The fraction of sp³-hybridized carbons (Fsp3) is 0.0833. The van der Waals surface area contributed by atoms with Gasteiger partial charge in [-0.1, -0.05) is 11.6 Å². The van der Waals surface area contributed by atoms with E-state index in [9.17, 15) is 4.79 Å². The van der Waals surface area contributed by atoms with Gasteiger partial charge in [0.15, 0.2) is 15.2 Å². The van der Waals surface area contributed by atoms with Crippen molar-refractivity contribution in [3.05, 3.63) is 39.6 Å². The van der Waals surface area contributed by atoms with Gasteiger partial charge in [-0.15, -0.1) is 22.7 Å². The molecule has 0 fully saturated rings. The quantitative estimate of drug-likeness (QED) is 0.750. The normalized spacial score (nSPS) is 11.5. The topological polar surface area (TPSA) is 59.3 Å². The zero-order chi connectivity index (χ0) is 14.1. The Hall–Kier alpha value is -1.70. The molecule has 0 aromatic carbocycles. The second-order valence-corrected chi connectivity index (χ2v) is 6.41. The zero-order valence-corrected chi connectivity index (χ0v) is 12.7. The molecule has 8 heteroatoms. The van der Waals surface area contributed by atoms with E-state index in [0.717, 1.165) is 9.84 Å². The number of aryl methyl sites for hydroxylation is 1. The van der Waals surface area contributed by atoms with Gasteiger partial charge in [-0.05, 0) is 13.0 Å². The Morgan fingerprint density at radius 1 is 1.55 bits per heavy atom. The Morgan fingerprint density at radius 3 is 3.15 bits per heavy atom. The Morgan fingerprint density at radius 2 is 2.40 bits per heavy atom. The van der Waals surface area contributed by atoms with E-state index in [1.807, 2.05) is 22.9 Å². The molecular formula is C12H9ClN4OS2. The molecule has 0 aliphatic rings. The van der Waals surface area contributed by atoms with Gasteiger partial charge in [0.2, 0.25) is 5.91 Å². The summed E-state index contributed by atoms with van der Waals surface area (Å²) in [5.74, 6) is -0.249. The second-order valence-electron chi connectivity index (χ2n) is 3.94. The summed E-state index contributed by atoms with van der Waals surface area (Å²) < 4.78 is 1.84. The number of carbonyl (C=O) groups is 1. The van der Waals surface area contributed by atoms with Crippen LogP contribution >= 0.6 is 34.3 Å². The van der Waals surface area contributed by atoms with Crippen LogP contribution in [-0.2, 0) is 4.79 Å². The number of hydrogen-bond acceptors (Lipinski definition) is 5. The molecule has 3 rings (SSSR count). The standard InChI is InChI=1S/C12H9ClN4OS2/c1-7-6-14-11(20-7)15-9(18)3-2-8-10(13)16-12-17(8)4-5-19-12/h2-6H,1H3,(H,14,15,18)/b3-2+. The summed E-state index contributed by atoms with van der Waals surface area (Å²) in [5, 5.41) is 5.57. The minimum absolute atomic E-state index is 0.249. The molecule has 3 heterocycles. The summed E-state index contributed by atoms with van der Waals surface area (Å²) >= 11 is 8.95. The smallest absolute Gasteiger partial charge is 0.250 e. The molecule has 0 aliphatic heterocycles. The van der Waals surface area contributed by atoms with Gasteiger partial charge in [0.1, 0.15) is 0 Å². The molecule has 3 aromatic heterocycles. The number of aromatic nitrogens is 3. The zero-order valence-electron chi connectivity index (χ0n) is 10.3. The van der Waals surface area contributed by atoms with Crippen LogP contribution < -0.4 is 5.32 Å². The summed E-state index contributed by atoms with van der Waals surface area (Å²) in [5.41, 5.74) is 0.688. The van der Waals surface area contributed by atoms with Crippen LogP contribution in [0.15, 0.2) is 23.8 Å². The number of nitrogens with zero attached hydrogens (tertiary/aromatic N) is 3. The third-order valence-electron chi connectivity index (χ3n) is 2.50. The van der Waals surface area contributed by atoms with E-state index in [-0.39, 0.29) is 5.91 Å². The number of hydrogen-bond donors (Lipinski definition) is 1. The first-order chi connectivity index (χ1) is 9.63. The van der Waals surface area contributed by atoms with E-state index < -0.39 is 0 Å². The molecule has 20 heavy (non-hydrogen) atoms. The van der Waals surface area contributed by atoms with Crippen molar-refractivity contribution in [3.63, 3.8) is 0 Å². The number of anilines is 1. The van der Waals surface area contributed by atoms with Gasteiger partial charge >= 0.3 is 0 Å². The van der Waals surface area contributed by atoms with Crippen LogP contribution in [-0.4, -0.2) is 20.3 Å². The fourth-order valence-electron chi connectivity index (χ4n) is 1.64. The van der Waals surface area contributed by atoms with Crippen LogP contribution in [0.3, 0.4) is 0 Å². The van der Waals surface area contributed by atoms with Crippen molar-refractivity contribution in [1.82, 2.24) is 14.4 Å². The number of thiazole rings is 2. The summed E-state index contributed by atoms with van der Waals surface area (Å²) in [4.78, 5) is 21.9. The van der Waals surface area contributed by atoms with Gasteiger partial charge < -0.3 is 0 Å².